The Bertz CT molecular complexity index is 374. The van der Waals surface area contributed by atoms with E-state index in [1.54, 1.807) is 0 Å². The minimum atomic E-state index is -0.753. The number of hydrogen-bond donors (Lipinski definition) is 2. The van der Waals surface area contributed by atoms with E-state index < -0.39 is 5.97 Å². The van der Waals surface area contributed by atoms with Crippen LogP contribution in [0.25, 0.3) is 0 Å². The predicted molar refractivity (Wildman–Crippen MR) is 81.1 cm³/mol. The fourth-order valence-electron chi connectivity index (χ4n) is 3.38. The summed E-state index contributed by atoms with van der Waals surface area (Å²) in [5.74, 6) is -0.0742. The fourth-order valence-corrected chi connectivity index (χ4v) is 3.38. The Kier molecular flexibility index (Phi) is 5.48. The molecule has 0 spiro atoms. The van der Waals surface area contributed by atoms with Gasteiger partial charge >= 0.3 is 12.0 Å². The minimum Gasteiger partial charge on any atom is -0.481 e. The molecular weight excluding hydrogens is 268 g/mol. The van der Waals surface area contributed by atoms with Crippen molar-refractivity contribution in [1.29, 1.82) is 0 Å². The summed E-state index contributed by atoms with van der Waals surface area (Å²) in [6, 6.07) is -0.0280. The summed E-state index contributed by atoms with van der Waals surface area (Å²) < 4.78 is 0. The molecule has 0 aromatic rings. The van der Waals surface area contributed by atoms with Gasteiger partial charge < -0.3 is 15.3 Å². The van der Waals surface area contributed by atoms with Crippen LogP contribution in [0.15, 0.2) is 0 Å². The van der Waals surface area contributed by atoms with Crippen LogP contribution in [0.5, 0.6) is 0 Å². The summed E-state index contributed by atoms with van der Waals surface area (Å²) in [7, 11) is 0. The molecule has 2 aliphatic rings. The van der Waals surface area contributed by atoms with Crippen LogP contribution in [0.4, 0.5) is 4.79 Å². The smallest absolute Gasteiger partial charge is 0.317 e. The number of carboxylic acid groups (broad SMARTS) is 1. The number of nitrogens with zero attached hydrogens (tertiary/aromatic N) is 1. The van der Waals surface area contributed by atoms with Crippen molar-refractivity contribution in [1.82, 2.24) is 10.2 Å². The lowest BCUT2D eigenvalue weighted by Crippen LogP contribution is -2.46. The van der Waals surface area contributed by atoms with Gasteiger partial charge in [0.1, 0.15) is 0 Å². The Hall–Kier alpha value is -1.26. The van der Waals surface area contributed by atoms with E-state index in [-0.39, 0.29) is 17.9 Å². The Labute approximate surface area is 127 Å². The van der Waals surface area contributed by atoms with Crippen molar-refractivity contribution < 1.29 is 14.7 Å². The second-order valence-corrected chi connectivity index (χ2v) is 6.77. The number of rotatable bonds is 7. The first-order valence-corrected chi connectivity index (χ1v) is 8.29. The quantitative estimate of drug-likeness (QED) is 0.759. The summed E-state index contributed by atoms with van der Waals surface area (Å²) in [5.41, 5.74) is -0.237. The SMILES string of the molecule is CCN(CC1CC1)C(=O)NCC1(CC(=O)O)CCCCC1. The third-order valence-electron chi connectivity index (χ3n) is 4.90. The molecule has 2 amide bonds. The molecule has 0 bridgehead atoms. The highest BCUT2D eigenvalue weighted by atomic mass is 16.4. The minimum absolute atomic E-state index is 0.0280. The lowest BCUT2D eigenvalue weighted by atomic mass is 9.72. The highest BCUT2D eigenvalue weighted by molar-refractivity contribution is 5.74. The van der Waals surface area contributed by atoms with Gasteiger partial charge in [0.15, 0.2) is 0 Å². The molecule has 2 aliphatic carbocycles. The predicted octanol–water partition coefficient (Wildman–Crippen LogP) is 2.85. The molecule has 0 heterocycles. The molecule has 120 valence electrons. The summed E-state index contributed by atoms with van der Waals surface area (Å²) in [4.78, 5) is 25.3. The molecule has 0 saturated heterocycles. The van der Waals surface area contributed by atoms with Gasteiger partial charge in [0.05, 0.1) is 6.42 Å². The number of urea groups is 1. The van der Waals surface area contributed by atoms with Crippen LogP contribution in [0, 0.1) is 11.3 Å². The van der Waals surface area contributed by atoms with Crippen molar-refractivity contribution in [3.8, 4) is 0 Å². The van der Waals surface area contributed by atoms with Gasteiger partial charge in [-0.3, -0.25) is 4.79 Å². The van der Waals surface area contributed by atoms with Crippen molar-refractivity contribution in [2.45, 2.75) is 58.3 Å². The molecule has 2 N–H and O–H groups in total. The molecule has 2 fully saturated rings. The number of amides is 2. The largest absolute Gasteiger partial charge is 0.481 e. The lowest BCUT2D eigenvalue weighted by molar-refractivity contribution is -0.140. The number of nitrogens with one attached hydrogen (secondary N) is 1. The third-order valence-corrected chi connectivity index (χ3v) is 4.90. The van der Waals surface area contributed by atoms with Crippen molar-refractivity contribution in [2.24, 2.45) is 11.3 Å². The summed E-state index contributed by atoms with van der Waals surface area (Å²) in [6.45, 7) is 4.05. The average Bonchev–Trinajstić information content (AvgIpc) is 3.26. The number of carbonyl (C=O) groups excluding carboxylic acids is 1. The van der Waals surface area contributed by atoms with Crippen molar-refractivity contribution >= 4 is 12.0 Å². The van der Waals surface area contributed by atoms with Crippen LogP contribution in [0.2, 0.25) is 0 Å². The third kappa shape index (κ3) is 4.90. The standard InChI is InChI=1S/C16H28N2O3/c1-2-18(11-13-6-7-13)15(21)17-12-16(10-14(19)20)8-4-3-5-9-16/h13H,2-12H2,1H3,(H,17,21)(H,19,20). The summed E-state index contributed by atoms with van der Waals surface area (Å²) in [6.07, 6.45) is 7.77. The number of aliphatic carboxylic acids is 1. The van der Waals surface area contributed by atoms with E-state index in [0.29, 0.717) is 19.0 Å². The molecule has 0 atom stereocenters. The van der Waals surface area contributed by atoms with Crippen LogP contribution in [-0.2, 0) is 4.79 Å². The molecule has 0 radical (unpaired) electrons. The topological polar surface area (TPSA) is 69.6 Å². The van der Waals surface area contributed by atoms with Crippen molar-refractivity contribution in [3.63, 3.8) is 0 Å². The zero-order chi connectivity index (χ0) is 15.3. The number of carboxylic acids is 1. The summed E-state index contributed by atoms with van der Waals surface area (Å²) in [5, 5.41) is 12.2. The van der Waals surface area contributed by atoms with Crippen molar-refractivity contribution in [3.05, 3.63) is 0 Å². The van der Waals surface area contributed by atoms with Gasteiger partial charge in [-0.2, -0.15) is 0 Å². The van der Waals surface area contributed by atoms with Gasteiger partial charge in [0, 0.05) is 19.6 Å². The van der Waals surface area contributed by atoms with Crippen LogP contribution < -0.4 is 5.32 Å². The molecule has 2 saturated carbocycles. The van der Waals surface area contributed by atoms with E-state index in [4.69, 9.17) is 5.11 Å². The molecule has 2 rings (SSSR count). The fraction of sp³-hybridized carbons (Fsp3) is 0.875. The normalized spacial score (nSPS) is 20.8. The van der Waals surface area contributed by atoms with Gasteiger partial charge in [-0.1, -0.05) is 19.3 Å². The van der Waals surface area contributed by atoms with Crippen LogP contribution >= 0.6 is 0 Å². The van der Waals surface area contributed by atoms with Gasteiger partial charge in [-0.15, -0.1) is 0 Å². The van der Waals surface area contributed by atoms with E-state index in [9.17, 15) is 9.59 Å². The van der Waals surface area contributed by atoms with Crippen LogP contribution in [0.1, 0.15) is 58.3 Å². The Morgan fingerprint density at radius 1 is 1.24 bits per heavy atom. The van der Waals surface area contributed by atoms with E-state index in [2.05, 4.69) is 5.32 Å². The molecular formula is C16H28N2O3. The zero-order valence-corrected chi connectivity index (χ0v) is 13.1. The first kappa shape index (κ1) is 16.1. The molecule has 0 aromatic carbocycles. The number of hydrogen-bond acceptors (Lipinski definition) is 2. The summed E-state index contributed by atoms with van der Waals surface area (Å²) >= 11 is 0. The maximum atomic E-state index is 12.3. The second kappa shape index (κ2) is 7.14. The average molecular weight is 296 g/mol. The molecule has 5 nitrogen and oxygen atoms in total. The van der Waals surface area contributed by atoms with Crippen LogP contribution in [0.3, 0.4) is 0 Å². The molecule has 0 aromatic heterocycles. The molecule has 21 heavy (non-hydrogen) atoms. The molecule has 0 unspecified atom stereocenters. The molecule has 5 heteroatoms. The second-order valence-electron chi connectivity index (χ2n) is 6.77. The Balaban J connectivity index is 1.87. The first-order chi connectivity index (χ1) is 10.0. The highest BCUT2D eigenvalue weighted by Gasteiger charge is 2.35. The highest BCUT2D eigenvalue weighted by Crippen LogP contribution is 2.38. The maximum absolute atomic E-state index is 12.3. The van der Waals surface area contributed by atoms with Gasteiger partial charge in [-0.25, -0.2) is 4.79 Å². The van der Waals surface area contributed by atoms with Crippen molar-refractivity contribution in [2.75, 3.05) is 19.6 Å². The first-order valence-electron chi connectivity index (χ1n) is 8.29. The lowest BCUT2D eigenvalue weighted by Gasteiger charge is -2.36. The van der Waals surface area contributed by atoms with E-state index in [1.807, 2.05) is 11.8 Å². The maximum Gasteiger partial charge on any atom is 0.317 e. The van der Waals surface area contributed by atoms with E-state index in [0.717, 1.165) is 32.2 Å². The Morgan fingerprint density at radius 2 is 1.90 bits per heavy atom. The van der Waals surface area contributed by atoms with Crippen LogP contribution in [-0.4, -0.2) is 41.6 Å². The van der Waals surface area contributed by atoms with Gasteiger partial charge in [0.2, 0.25) is 0 Å². The molecule has 0 aliphatic heterocycles. The van der Waals surface area contributed by atoms with E-state index in [1.165, 1.54) is 19.3 Å². The van der Waals surface area contributed by atoms with E-state index >= 15 is 0 Å². The zero-order valence-electron chi connectivity index (χ0n) is 13.1. The van der Waals surface area contributed by atoms with Gasteiger partial charge in [-0.05, 0) is 43.9 Å². The van der Waals surface area contributed by atoms with Gasteiger partial charge in [0.25, 0.3) is 0 Å². The number of carbonyl (C=O) groups is 2. The Morgan fingerprint density at radius 3 is 2.43 bits per heavy atom. The monoisotopic (exact) mass is 296 g/mol.